The third-order valence-corrected chi connectivity index (χ3v) is 3.81. The number of carbonyl (C=O) groups excluding carboxylic acids is 2. The van der Waals surface area contributed by atoms with Gasteiger partial charge in [-0.25, -0.2) is 0 Å². The summed E-state index contributed by atoms with van der Waals surface area (Å²) in [7, 11) is 0. The Labute approximate surface area is 154 Å². The molecule has 0 saturated heterocycles. The van der Waals surface area contributed by atoms with Crippen molar-refractivity contribution in [2.75, 3.05) is 0 Å². The van der Waals surface area contributed by atoms with Crippen molar-refractivity contribution in [1.29, 1.82) is 0 Å². The first kappa shape index (κ1) is 19.0. The highest BCUT2D eigenvalue weighted by Gasteiger charge is 2.15. The van der Waals surface area contributed by atoms with Crippen LogP contribution in [0.15, 0.2) is 71.8 Å². The monoisotopic (exact) mass is 340 g/mol. The highest BCUT2D eigenvalue weighted by atomic mass is 16.1. The summed E-state index contributed by atoms with van der Waals surface area (Å²) in [5.74, 6) is 10.4. The normalized spacial score (nSPS) is 10.5. The highest BCUT2D eigenvalue weighted by Crippen LogP contribution is 2.15. The van der Waals surface area contributed by atoms with Crippen molar-refractivity contribution in [1.82, 2.24) is 0 Å². The Balaban J connectivity index is 2.29. The molecule has 0 aromatic heterocycles. The van der Waals surface area contributed by atoms with E-state index in [1.807, 2.05) is 74.5 Å². The van der Waals surface area contributed by atoms with Crippen LogP contribution >= 0.6 is 0 Å². The number of rotatable bonds is 4. The molecule has 0 aliphatic rings. The van der Waals surface area contributed by atoms with Crippen molar-refractivity contribution >= 4 is 11.6 Å². The van der Waals surface area contributed by atoms with Gasteiger partial charge in [0, 0.05) is 22.3 Å². The zero-order valence-electron chi connectivity index (χ0n) is 15.0. The molecule has 0 N–H and O–H groups in total. The van der Waals surface area contributed by atoms with Gasteiger partial charge in [-0.2, -0.15) is 0 Å². The van der Waals surface area contributed by atoms with E-state index in [2.05, 4.69) is 23.7 Å². The van der Waals surface area contributed by atoms with Gasteiger partial charge in [0.1, 0.15) is 0 Å². The molecular weight excluding hydrogens is 320 g/mol. The third-order valence-electron chi connectivity index (χ3n) is 3.81. The van der Waals surface area contributed by atoms with Crippen LogP contribution in [0.4, 0.5) is 0 Å². The molecule has 0 atom stereocenters. The van der Waals surface area contributed by atoms with Gasteiger partial charge in [-0.1, -0.05) is 62.1 Å². The second kappa shape index (κ2) is 9.82. The van der Waals surface area contributed by atoms with Gasteiger partial charge < -0.3 is 0 Å². The van der Waals surface area contributed by atoms with Crippen LogP contribution < -0.4 is 0 Å². The summed E-state index contributed by atoms with van der Waals surface area (Å²) >= 11 is 0. The number of carbonyl (C=O) groups is 2. The fraction of sp³-hybridized carbons (Fsp3) is 0.167. The van der Waals surface area contributed by atoms with Crippen LogP contribution in [-0.4, -0.2) is 11.6 Å². The van der Waals surface area contributed by atoms with Gasteiger partial charge in [-0.3, -0.25) is 9.59 Å². The number of hydrogen-bond donors (Lipinski definition) is 0. The molecule has 2 nitrogen and oxygen atoms in total. The Morgan fingerprint density at radius 1 is 0.654 bits per heavy atom. The Kier molecular flexibility index (Phi) is 7.17. The maximum absolute atomic E-state index is 12.5. The zero-order chi connectivity index (χ0) is 18.8. The Bertz CT molecular complexity index is 848. The van der Waals surface area contributed by atoms with Crippen LogP contribution in [-0.2, 0) is 9.59 Å². The van der Waals surface area contributed by atoms with E-state index < -0.39 is 0 Å². The summed E-state index contributed by atoms with van der Waals surface area (Å²) in [6.45, 7) is 3.70. The standard InChI is InChI=1S/C24H20O2/c1-3-21(23(25)17-15-19-11-7-5-8-12-19)22(4-2)24(26)18-16-20-13-9-6-10-14-20/h5-14H,3-4H2,1-2H3. The van der Waals surface area contributed by atoms with Crippen LogP contribution in [0.1, 0.15) is 37.8 Å². The molecule has 2 rings (SSSR count). The topological polar surface area (TPSA) is 34.1 Å². The number of benzene rings is 2. The van der Waals surface area contributed by atoms with E-state index in [1.165, 1.54) is 0 Å². The lowest BCUT2D eigenvalue weighted by atomic mass is 9.96. The molecule has 0 aliphatic heterocycles. The molecular formula is C24H20O2. The van der Waals surface area contributed by atoms with E-state index in [9.17, 15) is 9.59 Å². The smallest absolute Gasteiger partial charge is 0.232 e. The highest BCUT2D eigenvalue weighted by molar-refractivity contribution is 6.18. The summed E-state index contributed by atoms with van der Waals surface area (Å²) in [4.78, 5) is 25.0. The quantitative estimate of drug-likeness (QED) is 0.613. The molecule has 0 radical (unpaired) electrons. The van der Waals surface area contributed by atoms with Gasteiger partial charge in [-0.15, -0.1) is 0 Å². The van der Waals surface area contributed by atoms with Gasteiger partial charge in [0.2, 0.25) is 11.6 Å². The van der Waals surface area contributed by atoms with E-state index in [0.29, 0.717) is 24.0 Å². The van der Waals surface area contributed by atoms with Crippen molar-refractivity contribution in [3.63, 3.8) is 0 Å². The van der Waals surface area contributed by atoms with Gasteiger partial charge in [0.25, 0.3) is 0 Å². The summed E-state index contributed by atoms with van der Waals surface area (Å²) < 4.78 is 0. The van der Waals surface area contributed by atoms with Crippen LogP contribution in [0, 0.1) is 23.7 Å². The second-order valence-electron chi connectivity index (χ2n) is 5.55. The zero-order valence-corrected chi connectivity index (χ0v) is 15.0. The SMILES string of the molecule is CCC(C(=O)C#Cc1ccccc1)=C(CC)C(=O)C#Cc1ccccc1. The summed E-state index contributed by atoms with van der Waals surface area (Å²) in [5.41, 5.74) is 2.43. The average Bonchev–Trinajstić information content (AvgIpc) is 2.69. The molecule has 0 amide bonds. The maximum atomic E-state index is 12.5. The van der Waals surface area contributed by atoms with E-state index in [4.69, 9.17) is 0 Å². The molecule has 0 fully saturated rings. The van der Waals surface area contributed by atoms with Crippen molar-refractivity contribution in [3.05, 3.63) is 82.9 Å². The molecule has 2 heteroatoms. The minimum absolute atomic E-state index is 0.317. The van der Waals surface area contributed by atoms with Crippen LogP contribution in [0.5, 0.6) is 0 Å². The average molecular weight is 340 g/mol. The number of ketones is 2. The maximum Gasteiger partial charge on any atom is 0.232 e. The number of hydrogen-bond acceptors (Lipinski definition) is 2. The molecule has 0 spiro atoms. The largest absolute Gasteiger partial charge is 0.280 e. The predicted molar refractivity (Wildman–Crippen MR) is 104 cm³/mol. The van der Waals surface area contributed by atoms with Crippen LogP contribution in [0.25, 0.3) is 0 Å². The molecule has 128 valence electrons. The van der Waals surface area contributed by atoms with E-state index in [-0.39, 0.29) is 11.6 Å². The fourth-order valence-electron chi connectivity index (χ4n) is 2.47. The fourth-order valence-corrected chi connectivity index (χ4v) is 2.47. The Morgan fingerprint density at radius 2 is 1.00 bits per heavy atom. The Morgan fingerprint density at radius 3 is 1.31 bits per heavy atom. The minimum Gasteiger partial charge on any atom is -0.280 e. The van der Waals surface area contributed by atoms with E-state index >= 15 is 0 Å². The first-order chi connectivity index (χ1) is 12.7. The first-order valence-electron chi connectivity index (χ1n) is 8.60. The number of Topliss-reactive ketones (excluding diaryl/α,β-unsaturated/α-hetero) is 2. The van der Waals surface area contributed by atoms with Crippen molar-refractivity contribution in [2.24, 2.45) is 0 Å². The van der Waals surface area contributed by atoms with Crippen molar-refractivity contribution < 1.29 is 9.59 Å². The lowest BCUT2D eigenvalue weighted by molar-refractivity contribution is -0.113. The van der Waals surface area contributed by atoms with E-state index in [1.54, 1.807) is 0 Å². The van der Waals surface area contributed by atoms with Gasteiger partial charge >= 0.3 is 0 Å². The van der Waals surface area contributed by atoms with Gasteiger partial charge in [-0.05, 0) is 48.9 Å². The summed E-state index contributed by atoms with van der Waals surface area (Å²) in [6.07, 6.45) is 0.897. The summed E-state index contributed by atoms with van der Waals surface area (Å²) in [5, 5.41) is 0. The molecule has 0 aliphatic carbocycles. The second-order valence-corrected chi connectivity index (χ2v) is 5.55. The molecule has 0 unspecified atom stereocenters. The molecule has 2 aromatic rings. The molecule has 2 aromatic carbocycles. The lowest BCUT2D eigenvalue weighted by Crippen LogP contribution is -2.09. The molecule has 0 saturated carbocycles. The third kappa shape index (κ3) is 5.33. The number of allylic oxidation sites excluding steroid dienone is 2. The van der Waals surface area contributed by atoms with Gasteiger partial charge in [0.15, 0.2) is 0 Å². The molecule has 26 heavy (non-hydrogen) atoms. The minimum atomic E-state index is -0.317. The predicted octanol–water partition coefficient (Wildman–Crippen LogP) is 4.34. The summed E-state index contributed by atoms with van der Waals surface area (Å²) in [6, 6.07) is 18.6. The van der Waals surface area contributed by atoms with Crippen LogP contribution in [0.2, 0.25) is 0 Å². The first-order valence-corrected chi connectivity index (χ1v) is 8.60. The molecule has 0 heterocycles. The Hall–Kier alpha value is -3.36. The van der Waals surface area contributed by atoms with E-state index in [0.717, 1.165) is 11.1 Å². The van der Waals surface area contributed by atoms with Crippen LogP contribution in [0.3, 0.4) is 0 Å². The van der Waals surface area contributed by atoms with Crippen molar-refractivity contribution in [3.8, 4) is 23.7 Å². The van der Waals surface area contributed by atoms with Gasteiger partial charge in [0.05, 0.1) is 0 Å². The van der Waals surface area contributed by atoms with Crippen molar-refractivity contribution in [2.45, 2.75) is 26.7 Å². The lowest BCUT2D eigenvalue weighted by Gasteiger charge is -2.05. The molecule has 0 bridgehead atoms.